The van der Waals surface area contributed by atoms with E-state index in [1.807, 2.05) is 0 Å². The normalized spacial score (nSPS) is 13.1. The zero-order valence-electron chi connectivity index (χ0n) is 32.4. The van der Waals surface area contributed by atoms with Crippen molar-refractivity contribution >= 4 is 54.3 Å². The van der Waals surface area contributed by atoms with Crippen LogP contribution in [0.25, 0.3) is 105 Å². The molecule has 0 saturated heterocycles. The van der Waals surface area contributed by atoms with E-state index in [0.29, 0.717) is 0 Å². The van der Waals surface area contributed by atoms with E-state index in [1.54, 1.807) is 0 Å². The lowest BCUT2D eigenvalue weighted by Crippen LogP contribution is -2.16. The van der Waals surface area contributed by atoms with Gasteiger partial charge in [-0.25, -0.2) is 4.98 Å². The van der Waals surface area contributed by atoms with E-state index in [1.165, 1.54) is 87.7 Å². The predicted molar refractivity (Wildman–Crippen MR) is 245 cm³/mol. The Kier molecular flexibility index (Phi) is 7.01. The van der Waals surface area contributed by atoms with Crippen molar-refractivity contribution in [3.63, 3.8) is 0 Å². The summed E-state index contributed by atoms with van der Waals surface area (Å²) in [4.78, 5) is 5.40. The van der Waals surface area contributed by atoms with Gasteiger partial charge < -0.3 is 4.57 Å². The molecule has 2 heteroatoms. The van der Waals surface area contributed by atoms with Crippen molar-refractivity contribution in [2.45, 2.75) is 19.3 Å². The van der Waals surface area contributed by atoms with E-state index in [-0.39, 0.29) is 5.41 Å². The number of para-hydroxylation sites is 2. The molecule has 0 spiro atoms. The molecule has 0 N–H and O–H groups in total. The van der Waals surface area contributed by atoms with Crippen LogP contribution in [-0.4, -0.2) is 9.55 Å². The molecule has 2 nitrogen and oxygen atoms in total. The van der Waals surface area contributed by atoms with E-state index < -0.39 is 0 Å². The maximum atomic E-state index is 5.40. The van der Waals surface area contributed by atoms with E-state index in [2.05, 4.69) is 213 Å². The van der Waals surface area contributed by atoms with Crippen LogP contribution in [0.1, 0.15) is 25.0 Å². The number of aromatic nitrogens is 2. The van der Waals surface area contributed by atoms with Crippen LogP contribution in [0, 0.1) is 0 Å². The van der Waals surface area contributed by atoms with Crippen molar-refractivity contribution in [1.82, 2.24) is 9.55 Å². The van der Waals surface area contributed by atoms with Crippen LogP contribution in [0.2, 0.25) is 0 Å². The second-order valence-electron chi connectivity index (χ2n) is 16.3. The first-order valence-electron chi connectivity index (χ1n) is 20.2. The minimum atomic E-state index is -0.103. The second kappa shape index (κ2) is 12.4. The molecule has 2 heterocycles. The molecule has 0 atom stereocenters. The van der Waals surface area contributed by atoms with Gasteiger partial charge in [0.1, 0.15) is 0 Å². The summed E-state index contributed by atoms with van der Waals surface area (Å²) in [5.74, 6) is 0. The Morgan fingerprint density at radius 1 is 0.397 bits per heavy atom. The summed E-state index contributed by atoms with van der Waals surface area (Å²) in [5, 5.41) is 8.57. The maximum Gasteiger partial charge on any atom is 0.0794 e. The van der Waals surface area contributed by atoms with Crippen molar-refractivity contribution in [3.8, 4) is 50.3 Å². The van der Waals surface area contributed by atoms with E-state index >= 15 is 0 Å². The second-order valence-corrected chi connectivity index (χ2v) is 16.3. The summed E-state index contributed by atoms with van der Waals surface area (Å²) in [6, 6.07) is 71.1. The summed E-state index contributed by atoms with van der Waals surface area (Å²) in [6.07, 6.45) is 0. The fourth-order valence-corrected chi connectivity index (χ4v) is 10.2. The smallest absolute Gasteiger partial charge is 0.0794 e. The molecule has 0 radical (unpaired) electrons. The van der Waals surface area contributed by atoms with Crippen molar-refractivity contribution in [3.05, 3.63) is 205 Å². The third kappa shape index (κ3) is 4.69. The van der Waals surface area contributed by atoms with E-state index in [9.17, 15) is 0 Å². The van der Waals surface area contributed by atoms with Gasteiger partial charge in [-0.15, -0.1) is 0 Å². The number of rotatable bonds is 4. The summed E-state index contributed by atoms with van der Waals surface area (Å²) in [6.45, 7) is 4.75. The molecule has 12 rings (SSSR count). The quantitative estimate of drug-likeness (QED) is 0.164. The lowest BCUT2D eigenvalue weighted by molar-refractivity contribution is 0.662. The first-order valence-corrected chi connectivity index (χ1v) is 20.2. The summed E-state index contributed by atoms with van der Waals surface area (Å²) < 4.78 is 2.46. The van der Waals surface area contributed by atoms with E-state index in [0.717, 1.165) is 28.0 Å². The molecule has 0 unspecified atom stereocenters. The van der Waals surface area contributed by atoms with Crippen LogP contribution in [0.15, 0.2) is 194 Å². The molecule has 0 amide bonds. The Morgan fingerprint density at radius 3 is 1.81 bits per heavy atom. The Balaban J connectivity index is 1.05. The zero-order valence-corrected chi connectivity index (χ0v) is 32.4. The molecule has 1 aliphatic carbocycles. The molecule has 272 valence electrons. The van der Waals surface area contributed by atoms with Crippen LogP contribution < -0.4 is 0 Å². The predicted octanol–water partition coefficient (Wildman–Crippen LogP) is 14.9. The molecule has 58 heavy (non-hydrogen) atoms. The number of hydrogen-bond donors (Lipinski definition) is 0. The minimum Gasteiger partial charge on any atom is -0.309 e. The highest BCUT2D eigenvalue weighted by molar-refractivity contribution is 6.24. The molecule has 0 bridgehead atoms. The average molecular weight is 739 g/mol. The molecule has 11 aromatic rings. The molecule has 1 aliphatic rings. The number of nitrogens with zero attached hydrogens (tertiary/aromatic N) is 2. The minimum absolute atomic E-state index is 0.103. The van der Waals surface area contributed by atoms with Crippen molar-refractivity contribution in [1.29, 1.82) is 0 Å². The van der Waals surface area contributed by atoms with Gasteiger partial charge >= 0.3 is 0 Å². The van der Waals surface area contributed by atoms with Gasteiger partial charge in [-0.1, -0.05) is 166 Å². The zero-order chi connectivity index (χ0) is 38.5. The summed E-state index contributed by atoms with van der Waals surface area (Å²) in [7, 11) is 0. The SMILES string of the molecule is CC1(C)c2ccccc2-c2cccc(-c3ccc4c(c3)c3cccc(-c5cccc(-c6ccc7c8ccccc8c8ccccc8c7n6)c5)c3n4-c3ccccc3)c21. The molecule has 2 aromatic heterocycles. The highest BCUT2D eigenvalue weighted by Crippen LogP contribution is 2.52. The van der Waals surface area contributed by atoms with Crippen molar-refractivity contribution in [2.75, 3.05) is 0 Å². The lowest BCUT2D eigenvalue weighted by Gasteiger charge is -2.24. The fraction of sp³-hybridized carbons (Fsp3) is 0.0536. The van der Waals surface area contributed by atoms with Crippen LogP contribution in [-0.2, 0) is 5.41 Å². The van der Waals surface area contributed by atoms with Gasteiger partial charge in [0.05, 0.1) is 22.2 Å². The van der Waals surface area contributed by atoms with Gasteiger partial charge in [-0.2, -0.15) is 0 Å². The molecule has 0 fully saturated rings. The standard InChI is InChI=1S/C56H38N2/c1-56(2)50-28-11-10-22-44(50)45-26-13-24-39(53(45)56)36-29-32-52-49(34-36)48-27-14-25-40(55(48)58(52)38-17-4-3-5-18-38)35-15-12-16-37(33-35)51-31-30-47-43-21-7-6-19-41(43)42-20-8-9-23-46(42)54(47)57-51/h3-34H,1-2H3. The Hall–Kier alpha value is -7.29. The Bertz CT molecular complexity index is 3440. The highest BCUT2D eigenvalue weighted by atomic mass is 15.0. The maximum absolute atomic E-state index is 5.40. The van der Waals surface area contributed by atoms with Gasteiger partial charge in [0.2, 0.25) is 0 Å². The lowest BCUT2D eigenvalue weighted by atomic mass is 9.79. The molecule has 0 saturated carbocycles. The first kappa shape index (κ1) is 32.9. The average Bonchev–Trinajstić information content (AvgIpc) is 3.75. The number of benzene rings is 9. The summed E-state index contributed by atoms with van der Waals surface area (Å²) >= 11 is 0. The molecular weight excluding hydrogens is 701 g/mol. The van der Waals surface area contributed by atoms with Gasteiger partial charge in [0.25, 0.3) is 0 Å². The van der Waals surface area contributed by atoms with Crippen LogP contribution in [0.3, 0.4) is 0 Å². The summed E-state index contributed by atoms with van der Waals surface area (Å²) in [5.41, 5.74) is 16.9. The van der Waals surface area contributed by atoms with Crippen LogP contribution >= 0.6 is 0 Å². The number of fused-ring (bicyclic) bond motifs is 12. The third-order valence-electron chi connectivity index (χ3n) is 12.7. The van der Waals surface area contributed by atoms with Crippen molar-refractivity contribution < 1.29 is 0 Å². The van der Waals surface area contributed by atoms with E-state index in [4.69, 9.17) is 4.98 Å². The number of hydrogen-bond acceptors (Lipinski definition) is 1. The van der Waals surface area contributed by atoms with Gasteiger partial charge in [0, 0.05) is 43.8 Å². The Morgan fingerprint density at radius 2 is 0.983 bits per heavy atom. The number of pyridine rings is 1. The monoisotopic (exact) mass is 738 g/mol. The van der Waals surface area contributed by atoms with Crippen LogP contribution in [0.4, 0.5) is 0 Å². The van der Waals surface area contributed by atoms with Gasteiger partial charge in [-0.3, -0.25) is 0 Å². The Labute approximate surface area is 337 Å². The van der Waals surface area contributed by atoms with Crippen LogP contribution in [0.5, 0.6) is 0 Å². The molecule has 0 aliphatic heterocycles. The van der Waals surface area contributed by atoms with Gasteiger partial charge in [-0.05, 0) is 97.6 Å². The van der Waals surface area contributed by atoms with Crippen molar-refractivity contribution in [2.24, 2.45) is 0 Å². The topological polar surface area (TPSA) is 17.8 Å². The first-order chi connectivity index (χ1) is 28.5. The van der Waals surface area contributed by atoms with Gasteiger partial charge in [0.15, 0.2) is 0 Å². The molecule has 9 aromatic carbocycles. The highest BCUT2D eigenvalue weighted by Gasteiger charge is 2.37. The fourth-order valence-electron chi connectivity index (χ4n) is 10.2. The third-order valence-corrected chi connectivity index (χ3v) is 12.7. The largest absolute Gasteiger partial charge is 0.309 e. The molecular formula is C56H38N2.